The second-order valence-corrected chi connectivity index (χ2v) is 4.91. The molecule has 2 aromatic heterocycles. The van der Waals surface area contributed by atoms with Crippen LogP contribution in [0.3, 0.4) is 0 Å². The normalized spacial score (nSPS) is 10.4. The highest BCUT2D eigenvalue weighted by atomic mass is 32.1. The number of nitrogens with two attached hydrogens (primary N) is 1. The molecular formula is C13H10N4O2S. The van der Waals surface area contributed by atoms with Crippen molar-refractivity contribution in [2.75, 3.05) is 11.1 Å². The lowest BCUT2D eigenvalue weighted by Crippen LogP contribution is -2.10. The van der Waals surface area contributed by atoms with E-state index in [9.17, 15) is 4.79 Å². The second kappa shape index (κ2) is 5.14. The molecule has 2 heterocycles. The highest BCUT2D eigenvalue weighted by Crippen LogP contribution is 2.30. The number of furan rings is 1. The fourth-order valence-corrected chi connectivity index (χ4v) is 2.43. The Labute approximate surface area is 118 Å². The van der Waals surface area contributed by atoms with Crippen LogP contribution in [-0.2, 0) is 0 Å². The Bertz CT molecular complexity index is 736. The number of nitrogens with zero attached hydrogens (tertiary/aromatic N) is 2. The molecule has 3 N–H and O–H groups in total. The highest BCUT2D eigenvalue weighted by Gasteiger charge is 2.13. The Morgan fingerprint density at radius 1 is 1.20 bits per heavy atom. The SMILES string of the molecule is Nc1ccccc1-c1nnc(NC(=O)c2ccco2)s1. The monoisotopic (exact) mass is 286 g/mol. The first-order valence-electron chi connectivity index (χ1n) is 5.77. The van der Waals surface area contributed by atoms with Crippen molar-refractivity contribution in [3.63, 3.8) is 0 Å². The van der Waals surface area contributed by atoms with Gasteiger partial charge in [-0.2, -0.15) is 0 Å². The van der Waals surface area contributed by atoms with E-state index in [1.54, 1.807) is 18.2 Å². The first-order valence-corrected chi connectivity index (χ1v) is 6.59. The summed E-state index contributed by atoms with van der Waals surface area (Å²) in [5.74, 6) is -0.139. The fraction of sp³-hybridized carbons (Fsp3) is 0. The van der Waals surface area contributed by atoms with Crippen LogP contribution in [0, 0.1) is 0 Å². The summed E-state index contributed by atoms with van der Waals surface area (Å²) < 4.78 is 5.00. The largest absolute Gasteiger partial charge is 0.459 e. The Morgan fingerprint density at radius 3 is 2.80 bits per heavy atom. The molecule has 20 heavy (non-hydrogen) atoms. The molecule has 3 rings (SSSR count). The molecular weight excluding hydrogens is 276 g/mol. The third-order valence-corrected chi connectivity index (χ3v) is 3.45. The topological polar surface area (TPSA) is 94.0 Å². The van der Waals surface area contributed by atoms with E-state index < -0.39 is 0 Å². The number of hydrogen-bond donors (Lipinski definition) is 2. The summed E-state index contributed by atoms with van der Waals surface area (Å²) in [6, 6.07) is 10.6. The molecule has 1 amide bonds. The summed E-state index contributed by atoms with van der Waals surface area (Å²) in [4.78, 5) is 11.8. The molecule has 0 radical (unpaired) electrons. The van der Waals surface area contributed by atoms with E-state index >= 15 is 0 Å². The molecule has 0 unspecified atom stereocenters. The van der Waals surface area contributed by atoms with Gasteiger partial charge in [0.05, 0.1) is 6.26 Å². The van der Waals surface area contributed by atoms with Gasteiger partial charge in [0.1, 0.15) is 0 Å². The van der Waals surface area contributed by atoms with Crippen molar-refractivity contribution >= 4 is 28.1 Å². The van der Waals surface area contributed by atoms with E-state index in [2.05, 4.69) is 15.5 Å². The number of nitrogen functional groups attached to an aromatic ring is 1. The average molecular weight is 286 g/mol. The predicted octanol–water partition coefficient (Wildman–Crippen LogP) is 2.63. The molecule has 7 heteroatoms. The van der Waals surface area contributed by atoms with Crippen LogP contribution in [0.5, 0.6) is 0 Å². The van der Waals surface area contributed by atoms with E-state index in [1.165, 1.54) is 17.6 Å². The van der Waals surface area contributed by atoms with Crippen LogP contribution >= 0.6 is 11.3 Å². The number of aromatic nitrogens is 2. The lowest BCUT2D eigenvalue weighted by molar-refractivity contribution is 0.0996. The zero-order valence-corrected chi connectivity index (χ0v) is 11.1. The Kier molecular flexibility index (Phi) is 3.18. The summed E-state index contributed by atoms with van der Waals surface area (Å²) in [5, 5.41) is 11.6. The third kappa shape index (κ3) is 2.39. The van der Waals surface area contributed by atoms with Gasteiger partial charge in [0.25, 0.3) is 5.91 Å². The number of amides is 1. The van der Waals surface area contributed by atoms with Crippen LogP contribution in [0.1, 0.15) is 10.6 Å². The van der Waals surface area contributed by atoms with Gasteiger partial charge in [-0.15, -0.1) is 10.2 Å². The minimum atomic E-state index is -0.362. The van der Waals surface area contributed by atoms with E-state index in [0.29, 0.717) is 15.8 Å². The van der Waals surface area contributed by atoms with Crippen molar-refractivity contribution in [3.8, 4) is 10.6 Å². The maximum absolute atomic E-state index is 11.8. The average Bonchev–Trinajstić information content (AvgIpc) is 3.10. The van der Waals surface area contributed by atoms with Gasteiger partial charge in [-0.05, 0) is 24.3 Å². The summed E-state index contributed by atoms with van der Waals surface area (Å²) >= 11 is 1.25. The van der Waals surface area contributed by atoms with Gasteiger partial charge in [0.15, 0.2) is 10.8 Å². The summed E-state index contributed by atoms with van der Waals surface area (Å²) in [7, 11) is 0. The van der Waals surface area contributed by atoms with Crippen LogP contribution in [0.15, 0.2) is 47.1 Å². The van der Waals surface area contributed by atoms with E-state index in [-0.39, 0.29) is 11.7 Å². The minimum Gasteiger partial charge on any atom is -0.459 e. The molecule has 0 aliphatic heterocycles. The maximum atomic E-state index is 11.8. The minimum absolute atomic E-state index is 0.223. The molecule has 0 aliphatic carbocycles. The standard InChI is InChI=1S/C13H10N4O2S/c14-9-5-2-1-4-8(9)12-16-17-13(20-12)15-11(18)10-6-3-7-19-10/h1-7H,14H2,(H,15,17,18). The van der Waals surface area contributed by atoms with Crippen LogP contribution in [0.2, 0.25) is 0 Å². The van der Waals surface area contributed by atoms with Crippen molar-refractivity contribution in [1.82, 2.24) is 10.2 Å². The second-order valence-electron chi connectivity index (χ2n) is 3.93. The van der Waals surface area contributed by atoms with Crippen molar-refractivity contribution in [2.24, 2.45) is 0 Å². The van der Waals surface area contributed by atoms with Crippen molar-refractivity contribution in [2.45, 2.75) is 0 Å². The van der Waals surface area contributed by atoms with Crippen LogP contribution in [-0.4, -0.2) is 16.1 Å². The number of para-hydroxylation sites is 1. The quantitative estimate of drug-likeness (QED) is 0.722. The lowest BCUT2D eigenvalue weighted by atomic mass is 10.2. The van der Waals surface area contributed by atoms with Gasteiger partial charge in [0.2, 0.25) is 5.13 Å². The molecule has 0 fully saturated rings. The molecule has 0 saturated heterocycles. The lowest BCUT2D eigenvalue weighted by Gasteiger charge is -1.99. The van der Waals surface area contributed by atoms with Gasteiger partial charge in [-0.25, -0.2) is 0 Å². The van der Waals surface area contributed by atoms with Gasteiger partial charge in [0, 0.05) is 11.3 Å². The molecule has 6 nitrogen and oxygen atoms in total. The fourth-order valence-electron chi connectivity index (χ4n) is 1.64. The number of hydrogen-bond acceptors (Lipinski definition) is 6. The molecule has 100 valence electrons. The van der Waals surface area contributed by atoms with Crippen molar-refractivity contribution < 1.29 is 9.21 Å². The van der Waals surface area contributed by atoms with Gasteiger partial charge in [-0.1, -0.05) is 23.5 Å². The maximum Gasteiger partial charge on any atom is 0.293 e. The molecule has 0 bridgehead atoms. The van der Waals surface area contributed by atoms with Gasteiger partial charge in [-0.3, -0.25) is 10.1 Å². The summed E-state index contributed by atoms with van der Waals surface area (Å²) in [6.45, 7) is 0. The summed E-state index contributed by atoms with van der Waals surface area (Å²) in [6.07, 6.45) is 1.44. The number of benzene rings is 1. The first-order chi connectivity index (χ1) is 9.74. The zero-order valence-electron chi connectivity index (χ0n) is 10.2. The molecule has 0 spiro atoms. The van der Waals surface area contributed by atoms with E-state index in [4.69, 9.17) is 10.2 Å². The van der Waals surface area contributed by atoms with Gasteiger partial charge >= 0.3 is 0 Å². The molecule has 3 aromatic rings. The smallest absolute Gasteiger partial charge is 0.293 e. The van der Waals surface area contributed by atoms with Crippen LogP contribution in [0.4, 0.5) is 10.8 Å². The number of nitrogens with one attached hydrogen (secondary N) is 1. The van der Waals surface area contributed by atoms with E-state index in [1.807, 2.05) is 18.2 Å². The zero-order chi connectivity index (χ0) is 13.9. The number of carbonyl (C=O) groups excluding carboxylic acids is 1. The predicted molar refractivity (Wildman–Crippen MR) is 76.4 cm³/mol. The van der Waals surface area contributed by atoms with Crippen LogP contribution in [0.25, 0.3) is 10.6 Å². The van der Waals surface area contributed by atoms with Crippen molar-refractivity contribution in [3.05, 3.63) is 48.4 Å². The number of anilines is 2. The molecule has 0 saturated carbocycles. The Balaban J connectivity index is 1.81. The van der Waals surface area contributed by atoms with Crippen LogP contribution < -0.4 is 11.1 Å². The number of rotatable bonds is 3. The first kappa shape index (κ1) is 12.4. The third-order valence-electron chi connectivity index (χ3n) is 2.58. The van der Waals surface area contributed by atoms with Crippen molar-refractivity contribution in [1.29, 1.82) is 0 Å². The molecule has 0 aliphatic rings. The molecule has 1 aromatic carbocycles. The number of carbonyl (C=O) groups is 1. The highest BCUT2D eigenvalue weighted by molar-refractivity contribution is 7.18. The Hall–Kier alpha value is -2.67. The van der Waals surface area contributed by atoms with Gasteiger partial charge < -0.3 is 10.2 Å². The van der Waals surface area contributed by atoms with E-state index in [0.717, 1.165) is 5.56 Å². The summed E-state index contributed by atoms with van der Waals surface area (Å²) in [5.41, 5.74) is 7.29. The molecule has 0 atom stereocenters. The Morgan fingerprint density at radius 2 is 2.05 bits per heavy atom.